The van der Waals surface area contributed by atoms with Crippen molar-refractivity contribution < 1.29 is 13.2 Å². The number of sulfonamides is 1. The third-order valence-electron chi connectivity index (χ3n) is 4.22. The van der Waals surface area contributed by atoms with Crippen molar-refractivity contribution in [2.75, 3.05) is 37.4 Å². The molecule has 26 heavy (non-hydrogen) atoms. The van der Waals surface area contributed by atoms with Crippen LogP contribution in [0.3, 0.4) is 0 Å². The van der Waals surface area contributed by atoms with Crippen molar-refractivity contribution in [3.8, 4) is 0 Å². The molecule has 2 aromatic rings. The Morgan fingerprint density at radius 1 is 1.04 bits per heavy atom. The second kappa shape index (κ2) is 7.38. The van der Waals surface area contributed by atoms with Gasteiger partial charge in [0.2, 0.25) is 10.0 Å². The van der Waals surface area contributed by atoms with Crippen LogP contribution in [0.1, 0.15) is 23.2 Å². The molecule has 0 spiro atoms. The Kier molecular flexibility index (Phi) is 5.19. The first kappa shape index (κ1) is 18.3. The largest absolute Gasteiger partial charge is 0.355 e. The van der Waals surface area contributed by atoms with Crippen molar-refractivity contribution in [1.29, 1.82) is 0 Å². The predicted molar refractivity (Wildman–Crippen MR) is 98.7 cm³/mol. The number of rotatable bonds is 5. The molecule has 1 aromatic carbocycles. The fourth-order valence-corrected chi connectivity index (χ4v) is 3.59. The molecule has 1 amide bonds. The summed E-state index contributed by atoms with van der Waals surface area (Å²) in [7, 11) is -0.599. The van der Waals surface area contributed by atoms with Crippen LogP contribution in [-0.4, -0.2) is 56.0 Å². The molecule has 3 rings (SSSR count). The average molecular weight is 375 g/mol. The molecule has 0 bridgehead atoms. The molecule has 138 valence electrons. The van der Waals surface area contributed by atoms with E-state index in [1.165, 1.54) is 38.4 Å². The summed E-state index contributed by atoms with van der Waals surface area (Å²) in [5.41, 5.74) is 0.341. The Balaban J connectivity index is 1.68. The minimum atomic E-state index is -3.52. The van der Waals surface area contributed by atoms with E-state index >= 15 is 0 Å². The van der Waals surface area contributed by atoms with Crippen molar-refractivity contribution in [3.63, 3.8) is 0 Å². The van der Waals surface area contributed by atoms with Gasteiger partial charge in [0.05, 0.1) is 4.90 Å². The van der Waals surface area contributed by atoms with Gasteiger partial charge < -0.3 is 10.2 Å². The van der Waals surface area contributed by atoms with Gasteiger partial charge in [-0.15, -0.1) is 10.2 Å². The van der Waals surface area contributed by atoms with Gasteiger partial charge in [0.15, 0.2) is 11.6 Å². The van der Waals surface area contributed by atoms with Crippen LogP contribution >= 0.6 is 0 Å². The van der Waals surface area contributed by atoms with Gasteiger partial charge in [-0.3, -0.25) is 4.79 Å². The van der Waals surface area contributed by atoms with Crippen LogP contribution in [0, 0.1) is 0 Å². The molecule has 1 fully saturated rings. The lowest BCUT2D eigenvalue weighted by Gasteiger charge is -2.15. The maximum atomic E-state index is 12.3. The Morgan fingerprint density at radius 2 is 1.69 bits per heavy atom. The number of anilines is 2. The van der Waals surface area contributed by atoms with E-state index in [4.69, 9.17) is 0 Å². The molecular weight excluding hydrogens is 354 g/mol. The molecule has 0 aliphatic carbocycles. The highest BCUT2D eigenvalue weighted by molar-refractivity contribution is 7.89. The molecule has 2 heterocycles. The quantitative estimate of drug-likeness (QED) is 0.852. The Bertz CT molecular complexity index is 874. The van der Waals surface area contributed by atoms with E-state index in [-0.39, 0.29) is 10.8 Å². The number of carbonyl (C=O) groups is 1. The van der Waals surface area contributed by atoms with Crippen molar-refractivity contribution in [2.45, 2.75) is 17.7 Å². The summed E-state index contributed by atoms with van der Waals surface area (Å²) in [5.74, 6) is 0.781. The maximum Gasteiger partial charge on any atom is 0.256 e. The highest BCUT2D eigenvalue weighted by Gasteiger charge is 2.18. The number of hydrogen-bond donors (Lipinski definition) is 1. The fraction of sp³-hybridized carbons (Fsp3) is 0.353. The molecule has 1 aliphatic rings. The zero-order valence-corrected chi connectivity index (χ0v) is 15.5. The van der Waals surface area contributed by atoms with Crippen LogP contribution in [0.25, 0.3) is 0 Å². The number of nitrogens with zero attached hydrogens (tertiary/aromatic N) is 4. The number of carbonyl (C=O) groups excluding carboxylic acids is 1. The summed E-state index contributed by atoms with van der Waals surface area (Å²) in [5, 5.41) is 10.9. The molecule has 1 saturated heterocycles. The normalized spacial score (nSPS) is 14.7. The van der Waals surface area contributed by atoms with Gasteiger partial charge in [-0.05, 0) is 49.2 Å². The van der Waals surface area contributed by atoms with Crippen molar-refractivity contribution in [1.82, 2.24) is 14.5 Å². The van der Waals surface area contributed by atoms with E-state index in [9.17, 15) is 13.2 Å². The van der Waals surface area contributed by atoms with Crippen LogP contribution in [-0.2, 0) is 10.0 Å². The topological polar surface area (TPSA) is 95.5 Å². The summed E-state index contributed by atoms with van der Waals surface area (Å²) in [6, 6.07) is 9.30. The number of hydrogen-bond acceptors (Lipinski definition) is 6. The van der Waals surface area contributed by atoms with E-state index in [2.05, 4.69) is 20.4 Å². The number of benzene rings is 1. The zero-order valence-electron chi connectivity index (χ0n) is 14.7. The van der Waals surface area contributed by atoms with E-state index in [1.54, 1.807) is 6.07 Å². The lowest BCUT2D eigenvalue weighted by Crippen LogP contribution is -2.22. The second-order valence-electron chi connectivity index (χ2n) is 6.24. The van der Waals surface area contributed by atoms with Gasteiger partial charge in [-0.2, -0.15) is 0 Å². The van der Waals surface area contributed by atoms with Gasteiger partial charge in [0.25, 0.3) is 5.91 Å². The minimum Gasteiger partial charge on any atom is -0.355 e. The first-order chi connectivity index (χ1) is 12.4. The number of aromatic nitrogens is 2. The van der Waals surface area contributed by atoms with Gasteiger partial charge in [0, 0.05) is 32.7 Å². The molecule has 8 nitrogen and oxygen atoms in total. The van der Waals surface area contributed by atoms with Crippen LogP contribution < -0.4 is 10.2 Å². The molecule has 1 aromatic heterocycles. The highest BCUT2D eigenvalue weighted by Crippen LogP contribution is 2.18. The van der Waals surface area contributed by atoms with Crippen LogP contribution in [0.2, 0.25) is 0 Å². The van der Waals surface area contributed by atoms with E-state index in [0.29, 0.717) is 11.4 Å². The zero-order chi connectivity index (χ0) is 18.7. The van der Waals surface area contributed by atoms with Gasteiger partial charge >= 0.3 is 0 Å². The standard InChI is InChI=1S/C17H21N5O3S/c1-21(2)26(24,25)14-7-5-13(6-8-14)17(23)18-15-9-10-16(20-19-15)22-11-3-4-12-22/h5-10H,3-4,11-12H2,1-2H3,(H,18,19,23). The van der Waals surface area contributed by atoms with Crippen molar-refractivity contribution in [3.05, 3.63) is 42.0 Å². The lowest BCUT2D eigenvalue weighted by molar-refractivity contribution is 0.102. The summed E-state index contributed by atoms with van der Waals surface area (Å²) < 4.78 is 25.2. The van der Waals surface area contributed by atoms with Crippen LogP contribution in [0.15, 0.2) is 41.3 Å². The summed E-state index contributed by atoms with van der Waals surface area (Å²) in [6.07, 6.45) is 2.30. The number of nitrogens with one attached hydrogen (secondary N) is 1. The highest BCUT2D eigenvalue weighted by atomic mass is 32.2. The Labute approximate surface area is 152 Å². The van der Waals surface area contributed by atoms with Crippen LogP contribution in [0.5, 0.6) is 0 Å². The lowest BCUT2D eigenvalue weighted by atomic mass is 10.2. The van der Waals surface area contributed by atoms with Crippen molar-refractivity contribution in [2.24, 2.45) is 0 Å². The van der Waals surface area contributed by atoms with Crippen LogP contribution in [0.4, 0.5) is 11.6 Å². The molecule has 0 radical (unpaired) electrons. The number of amides is 1. The molecule has 1 aliphatic heterocycles. The third-order valence-corrected chi connectivity index (χ3v) is 6.05. The van der Waals surface area contributed by atoms with Gasteiger partial charge in [-0.25, -0.2) is 12.7 Å². The monoisotopic (exact) mass is 375 g/mol. The van der Waals surface area contributed by atoms with E-state index in [0.717, 1.165) is 36.1 Å². The maximum absolute atomic E-state index is 12.3. The van der Waals surface area contributed by atoms with E-state index < -0.39 is 10.0 Å². The SMILES string of the molecule is CN(C)S(=O)(=O)c1ccc(C(=O)Nc2ccc(N3CCCC3)nn2)cc1. The Hall–Kier alpha value is -2.52. The fourth-order valence-electron chi connectivity index (χ4n) is 2.68. The molecule has 0 saturated carbocycles. The van der Waals surface area contributed by atoms with Crippen molar-refractivity contribution >= 4 is 27.6 Å². The second-order valence-corrected chi connectivity index (χ2v) is 8.39. The molecular formula is C17H21N5O3S. The summed E-state index contributed by atoms with van der Waals surface area (Å²) in [4.78, 5) is 14.6. The first-order valence-corrected chi connectivity index (χ1v) is 9.74. The summed E-state index contributed by atoms with van der Waals surface area (Å²) in [6.45, 7) is 1.95. The minimum absolute atomic E-state index is 0.133. The third kappa shape index (κ3) is 3.83. The smallest absolute Gasteiger partial charge is 0.256 e. The Morgan fingerprint density at radius 3 is 2.23 bits per heavy atom. The molecule has 1 N–H and O–H groups in total. The summed E-state index contributed by atoms with van der Waals surface area (Å²) >= 11 is 0. The van der Waals surface area contributed by atoms with Gasteiger partial charge in [0.1, 0.15) is 0 Å². The molecule has 0 unspecified atom stereocenters. The molecule has 9 heteroatoms. The van der Waals surface area contributed by atoms with Gasteiger partial charge in [-0.1, -0.05) is 0 Å². The average Bonchev–Trinajstić information content (AvgIpc) is 3.17. The first-order valence-electron chi connectivity index (χ1n) is 8.30. The van der Waals surface area contributed by atoms with E-state index in [1.807, 2.05) is 6.07 Å². The predicted octanol–water partition coefficient (Wildman–Crippen LogP) is 1.58. The molecule has 0 atom stereocenters.